The van der Waals surface area contributed by atoms with Crippen molar-refractivity contribution in [3.8, 4) is 0 Å². The predicted octanol–water partition coefficient (Wildman–Crippen LogP) is 6.28. The van der Waals surface area contributed by atoms with Crippen molar-refractivity contribution in [2.45, 2.75) is 34.6 Å². The zero-order valence-electron chi connectivity index (χ0n) is 18.8. The number of halogens is 1. The van der Waals surface area contributed by atoms with Gasteiger partial charge in [0.15, 0.2) is 0 Å². The number of benzene rings is 3. The van der Waals surface area contributed by atoms with Gasteiger partial charge in [0.2, 0.25) is 0 Å². The van der Waals surface area contributed by atoms with Crippen LogP contribution in [-0.2, 0) is 9.59 Å². The number of nitrogens with one attached hydrogen (secondary N) is 1. The standard InChI is InChI=1S/C27H25ClN2O2/c1-15-6-11-23(19(5)12-15)29-25-24(20-9-7-16(2)18(4)13-20)26(31)30(27(25)32)21-10-8-17(3)22(28)14-21/h6-14,29H,1-5H3. The molecule has 0 unspecified atom stereocenters. The summed E-state index contributed by atoms with van der Waals surface area (Å²) in [4.78, 5) is 28.4. The van der Waals surface area contributed by atoms with Crippen LogP contribution in [0.1, 0.15) is 33.4 Å². The molecule has 1 aliphatic heterocycles. The van der Waals surface area contributed by atoms with E-state index in [9.17, 15) is 9.59 Å². The van der Waals surface area contributed by atoms with Gasteiger partial charge in [0.25, 0.3) is 11.8 Å². The van der Waals surface area contributed by atoms with E-state index in [1.807, 2.05) is 77.1 Å². The predicted molar refractivity (Wildman–Crippen MR) is 131 cm³/mol. The Morgan fingerprint density at radius 3 is 2.09 bits per heavy atom. The Kier molecular flexibility index (Phi) is 5.66. The van der Waals surface area contributed by atoms with Crippen molar-refractivity contribution in [3.63, 3.8) is 0 Å². The Morgan fingerprint density at radius 2 is 1.44 bits per heavy atom. The van der Waals surface area contributed by atoms with Gasteiger partial charge in [-0.2, -0.15) is 0 Å². The van der Waals surface area contributed by atoms with Crippen LogP contribution in [-0.4, -0.2) is 11.8 Å². The van der Waals surface area contributed by atoms with E-state index in [2.05, 4.69) is 5.32 Å². The molecule has 0 aromatic heterocycles. The second kappa shape index (κ2) is 8.29. The summed E-state index contributed by atoms with van der Waals surface area (Å²) in [5, 5.41) is 3.77. The van der Waals surface area contributed by atoms with Crippen molar-refractivity contribution in [3.05, 3.63) is 98.7 Å². The molecule has 0 radical (unpaired) electrons. The molecule has 0 saturated heterocycles. The van der Waals surface area contributed by atoms with Crippen molar-refractivity contribution in [1.82, 2.24) is 0 Å². The number of imide groups is 1. The zero-order chi connectivity index (χ0) is 23.2. The fourth-order valence-electron chi connectivity index (χ4n) is 3.85. The van der Waals surface area contributed by atoms with Gasteiger partial charge < -0.3 is 5.32 Å². The highest BCUT2D eigenvalue weighted by Crippen LogP contribution is 2.36. The third-order valence-corrected chi connectivity index (χ3v) is 6.34. The minimum atomic E-state index is -0.400. The Morgan fingerprint density at radius 1 is 0.719 bits per heavy atom. The average Bonchev–Trinajstić information content (AvgIpc) is 2.98. The van der Waals surface area contributed by atoms with Crippen LogP contribution >= 0.6 is 11.6 Å². The SMILES string of the molecule is Cc1ccc(NC2=C(c3ccc(C)c(C)c3)C(=O)N(c3ccc(C)c(Cl)c3)C2=O)c(C)c1. The third kappa shape index (κ3) is 3.82. The molecule has 4 nitrogen and oxygen atoms in total. The van der Waals surface area contributed by atoms with E-state index in [0.717, 1.165) is 33.5 Å². The van der Waals surface area contributed by atoms with E-state index in [0.29, 0.717) is 21.8 Å². The number of hydrogen-bond acceptors (Lipinski definition) is 3. The van der Waals surface area contributed by atoms with Crippen LogP contribution in [0.25, 0.3) is 5.57 Å². The minimum Gasteiger partial charge on any atom is -0.350 e. The molecule has 0 atom stereocenters. The van der Waals surface area contributed by atoms with Crippen molar-refractivity contribution >= 4 is 40.4 Å². The largest absolute Gasteiger partial charge is 0.350 e. The summed E-state index contributed by atoms with van der Waals surface area (Å²) >= 11 is 6.30. The van der Waals surface area contributed by atoms with Crippen LogP contribution in [0, 0.1) is 34.6 Å². The van der Waals surface area contributed by atoms with Gasteiger partial charge in [0, 0.05) is 10.7 Å². The second-order valence-corrected chi connectivity index (χ2v) is 8.78. The van der Waals surface area contributed by atoms with E-state index < -0.39 is 5.91 Å². The lowest BCUT2D eigenvalue weighted by Crippen LogP contribution is -2.32. The molecule has 0 aliphatic carbocycles. The lowest BCUT2D eigenvalue weighted by atomic mass is 9.99. The number of rotatable bonds is 4. The molecular weight excluding hydrogens is 420 g/mol. The van der Waals surface area contributed by atoms with E-state index in [4.69, 9.17) is 11.6 Å². The Bertz CT molecular complexity index is 1310. The smallest absolute Gasteiger partial charge is 0.282 e. The van der Waals surface area contributed by atoms with Crippen molar-refractivity contribution in [2.24, 2.45) is 0 Å². The maximum atomic E-state index is 13.6. The molecular formula is C27H25ClN2O2. The molecule has 162 valence electrons. The van der Waals surface area contributed by atoms with E-state index >= 15 is 0 Å². The maximum Gasteiger partial charge on any atom is 0.282 e. The van der Waals surface area contributed by atoms with E-state index in [1.165, 1.54) is 4.90 Å². The fourth-order valence-corrected chi connectivity index (χ4v) is 4.03. The molecule has 3 aromatic carbocycles. The molecule has 32 heavy (non-hydrogen) atoms. The molecule has 0 fully saturated rings. The summed E-state index contributed by atoms with van der Waals surface area (Å²) in [6.07, 6.45) is 0. The fraction of sp³-hybridized carbons (Fsp3) is 0.185. The molecule has 0 saturated carbocycles. The second-order valence-electron chi connectivity index (χ2n) is 8.37. The minimum absolute atomic E-state index is 0.266. The number of carbonyl (C=O) groups excluding carboxylic acids is 2. The van der Waals surface area contributed by atoms with Crippen LogP contribution in [0.3, 0.4) is 0 Å². The number of carbonyl (C=O) groups is 2. The topological polar surface area (TPSA) is 49.4 Å². The normalized spacial score (nSPS) is 13.9. The van der Waals surface area contributed by atoms with Crippen LogP contribution in [0.5, 0.6) is 0 Å². The van der Waals surface area contributed by atoms with Crippen LogP contribution in [0.4, 0.5) is 11.4 Å². The molecule has 2 amide bonds. The third-order valence-electron chi connectivity index (χ3n) is 5.93. The van der Waals surface area contributed by atoms with Gasteiger partial charge in [0.05, 0.1) is 11.3 Å². The molecule has 3 aromatic rings. The number of nitrogens with zero attached hydrogens (tertiary/aromatic N) is 1. The molecule has 0 bridgehead atoms. The molecule has 5 heteroatoms. The summed E-state index contributed by atoms with van der Waals surface area (Å²) in [5.74, 6) is -0.770. The number of aryl methyl sites for hydroxylation is 5. The molecule has 1 heterocycles. The summed E-state index contributed by atoms with van der Waals surface area (Å²) in [6, 6.07) is 17.0. The summed E-state index contributed by atoms with van der Waals surface area (Å²) in [5.41, 5.74) is 7.75. The van der Waals surface area contributed by atoms with E-state index in [-0.39, 0.29) is 11.6 Å². The lowest BCUT2D eigenvalue weighted by Gasteiger charge is -2.16. The van der Waals surface area contributed by atoms with Gasteiger partial charge in [-0.25, -0.2) is 4.90 Å². The van der Waals surface area contributed by atoms with Crippen molar-refractivity contribution in [2.75, 3.05) is 10.2 Å². The Labute approximate surface area is 193 Å². The molecule has 0 spiro atoms. The molecule has 4 rings (SSSR count). The first-order valence-corrected chi connectivity index (χ1v) is 10.9. The van der Waals surface area contributed by atoms with Crippen molar-refractivity contribution in [1.29, 1.82) is 0 Å². The van der Waals surface area contributed by atoms with Crippen molar-refractivity contribution < 1.29 is 9.59 Å². The Hall–Kier alpha value is -3.37. The molecule has 1 aliphatic rings. The highest BCUT2D eigenvalue weighted by atomic mass is 35.5. The highest BCUT2D eigenvalue weighted by Gasteiger charge is 2.40. The van der Waals surface area contributed by atoms with Gasteiger partial charge in [-0.05, 0) is 80.6 Å². The van der Waals surface area contributed by atoms with Gasteiger partial charge >= 0.3 is 0 Å². The lowest BCUT2D eigenvalue weighted by molar-refractivity contribution is -0.120. The first-order valence-electron chi connectivity index (χ1n) is 10.5. The highest BCUT2D eigenvalue weighted by molar-refractivity contribution is 6.46. The summed E-state index contributed by atoms with van der Waals surface area (Å²) in [6.45, 7) is 9.89. The summed E-state index contributed by atoms with van der Waals surface area (Å²) < 4.78 is 0. The number of anilines is 2. The first kappa shape index (κ1) is 21.8. The van der Waals surface area contributed by atoms with Crippen LogP contribution in [0.2, 0.25) is 5.02 Å². The Balaban J connectivity index is 1.87. The average molecular weight is 445 g/mol. The quantitative estimate of drug-likeness (QED) is 0.482. The monoisotopic (exact) mass is 444 g/mol. The first-order chi connectivity index (χ1) is 15.2. The van der Waals surface area contributed by atoms with Gasteiger partial charge in [0.1, 0.15) is 5.70 Å². The number of amides is 2. The van der Waals surface area contributed by atoms with Crippen LogP contribution < -0.4 is 10.2 Å². The van der Waals surface area contributed by atoms with Gasteiger partial charge in [-0.3, -0.25) is 9.59 Å². The number of hydrogen-bond donors (Lipinski definition) is 1. The molecule has 1 N–H and O–H groups in total. The van der Waals surface area contributed by atoms with E-state index in [1.54, 1.807) is 12.1 Å². The van der Waals surface area contributed by atoms with Gasteiger partial charge in [-0.1, -0.05) is 53.6 Å². The summed E-state index contributed by atoms with van der Waals surface area (Å²) in [7, 11) is 0. The maximum absolute atomic E-state index is 13.6. The van der Waals surface area contributed by atoms with Crippen LogP contribution in [0.15, 0.2) is 60.3 Å². The van der Waals surface area contributed by atoms with Gasteiger partial charge in [-0.15, -0.1) is 0 Å². The zero-order valence-corrected chi connectivity index (χ0v) is 19.6.